The summed E-state index contributed by atoms with van der Waals surface area (Å²) < 4.78 is 5.80. The number of hydrogen-bond donors (Lipinski definition) is 1. The van der Waals surface area contributed by atoms with Gasteiger partial charge in [0.25, 0.3) is 0 Å². The summed E-state index contributed by atoms with van der Waals surface area (Å²) in [5, 5.41) is 10.3. The van der Waals surface area contributed by atoms with E-state index in [1.54, 1.807) is 4.90 Å². The van der Waals surface area contributed by atoms with E-state index in [1.807, 2.05) is 12.1 Å². The van der Waals surface area contributed by atoms with Crippen molar-refractivity contribution in [2.75, 3.05) is 13.2 Å². The van der Waals surface area contributed by atoms with Gasteiger partial charge in [-0.15, -0.1) is 0 Å². The van der Waals surface area contributed by atoms with Crippen molar-refractivity contribution in [1.29, 1.82) is 0 Å². The Hall–Kier alpha value is -2.33. The molecule has 2 aromatic carbocycles. The summed E-state index contributed by atoms with van der Waals surface area (Å²) in [6.45, 7) is 0.753. The number of fused-ring (bicyclic) bond motifs is 4. The topological polar surface area (TPSA) is 49.8 Å². The van der Waals surface area contributed by atoms with Crippen LogP contribution in [0.3, 0.4) is 0 Å². The molecule has 2 aromatic rings. The lowest BCUT2D eigenvalue weighted by atomic mass is 9.84. The number of amides is 1. The van der Waals surface area contributed by atoms with Gasteiger partial charge in [-0.2, -0.15) is 0 Å². The maximum atomic E-state index is 12.8. The van der Waals surface area contributed by atoms with Crippen molar-refractivity contribution >= 4 is 6.09 Å². The van der Waals surface area contributed by atoms with Crippen LogP contribution in [0.5, 0.6) is 0 Å². The van der Waals surface area contributed by atoms with E-state index < -0.39 is 6.10 Å². The minimum absolute atomic E-state index is 0.0797. The number of carbonyl (C=O) groups excluding carboxylic acids is 1. The number of hydrogen-bond acceptors (Lipinski definition) is 3. The SMILES string of the molecule is O=C(OCC1c2ccccc2-c2ccccc21)N1CC(O)C2CCCCC21. The van der Waals surface area contributed by atoms with E-state index in [2.05, 4.69) is 36.4 Å². The Morgan fingerprint density at radius 3 is 2.33 bits per heavy atom. The highest BCUT2D eigenvalue weighted by molar-refractivity contribution is 5.79. The predicted octanol–water partition coefficient (Wildman–Crippen LogP) is 4.17. The normalized spacial score (nSPS) is 26.4. The third-order valence-electron chi connectivity index (χ3n) is 6.63. The molecule has 1 heterocycles. The second-order valence-electron chi connectivity index (χ2n) is 8.04. The summed E-state index contributed by atoms with van der Waals surface area (Å²) in [6, 6.07) is 16.9. The third kappa shape index (κ3) is 2.74. The summed E-state index contributed by atoms with van der Waals surface area (Å²) in [5.41, 5.74) is 4.92. The lowest BCUT2D eigenvalue weighted by molar-refractivity contribution is 0.0855. The van der Waals surface area contributed by atoms with E-state index in [4.69, 9.17) is 4.74 Å². The highest BCUT2D eigenvalue weighted by Crippen LogP contribution is 2.44. The number of aliphatic hydroxyl groups excluding tert-OH is 1. The molecule has 1 saturated carbocycles. The number of likely N-dealkylation sites (tertiary alicyclic amines) is 1. The molecule has 4 nitrogen and oxygen atoms in total. The Bertz CT molecular complexity index is 819. The number of nitrogens with zero attached hydrogens (tertiary/aromatic N) is 1. The zero-order valence-electron chi connectivity index (χ0n) is 15.4. The zero-order valence-corrected chi connectivity index (χ0v) is 15.4. The number of ether oxygens (including phenoxy) is 1. The molecule has 3 aliphatic rings. The van der Waals surface area contributed by atoms with Crippen LogP contribution in [0.15, 0.2) is 48.5 Å². The van der Waals surface area contributed by atoms with Gasteiger partial charge in [-0.05, 0) is 35.1 Å². The second-order valence-corrected chi connectivity index (χ2v) is 8.04. The fourth-order valence-electron chi connectivity index (χ4n) is 5.33. The van der Waals surface area contributed by atoms with Crippen molar-refractivity contribution in [3.63, 3.8) is 0 Å². The molecule has 0 bridgehead atoms. The second kappa shape index (κ2) is 6.68. The Morgan fingerprint density at radius 2 is 1.63 bits per heavy atom. The Kier molecular flexibility index (Phi) is 4.16. The van der Waals surface area contributed by atoms with Gasteiger partial charge in [-0.3, -0.25) is 0 Å². The first-order valence-electron chi connectivity index (χ1n) is 10.0. The standard InChI is InChI=1S/C23H25NO3/c25-22-13-24(21-12-6-5-11-19(21)22)23(26)27-14-20-17-9-3-1-7-15(17)16-8-2-4-10-18(16)20/h1-4,7-10,19-22,25H,5-6,11-14H2. The molecule has 1 saturated heterocycles. The average Bonchev–Trinajstić information content (AvgIpc) is 3.22. The maximum Gasteiger partial charge on any atom is 0.410 e. The number of rotatable bonds is 2. The number of benzene rings is 2. The molecular weight excluding hydrogens is 338 g/mol. The Balaban J connectivity index is 1.34. The van der Waals surface area contributed by atoms with Crippen LogP contribution in [-0.2, 0) is 4.74 Å². The largest absolute Gasteiger partial charge is 0.448 e. The molecular formula is C23H25NO3. The molecule has 1 amide bonds. The fourth-order valence-corrected chi connectivity index (χ4v) is 5.33. The molecule has 3 atom stereocenters. The Morgan fingerprint density at radius 1 is 1.00 bits per heavy atom. The minimum Gasteiger partial charge on any atom is -0.448 e. The minimum atomic E-state index is -0.407. The maximum absolute atomic E-state index is 12.8. The smallest absolute Gasteiger partial charge is 0.410 e. The van der Waals surface area contributed by atoms with Crippen LogP contribution in [0, 0.1) is 5.92 Å². The summed E-state index contributed by atoms with van der Waals surface area (Å²) >= 11 is 0. The lowest BCUT2D eigenvalue weighted by Gasteiger charge is -2.31. The molecule has 0 spiro atoms. The predicted molar refractivity (Wildman–Crippen MR) is 104 cm³/mol. The van der Waals surface area contributed by atoms with Crippen molar-refractivity contribution in [1.82, 2.24) is 4.90 Å². The van der Waals surface area contributed by atoms with Gasteiger partial charge in [0.05, 0.1) is 12.6 Å². The van der Waals surface area contributed by atoms with E-state index in [0.717, 1.165) is 25.7 Å². The lowest BCUT2D eigenvalue weighted by Crippen LogP contribution is -2.40. The first-order valence-corrected chi connectivity index (χ1v) is 10.0. The molecule has 2 fully saturated rings. The van der Waals surface area contributed by atoms with Crippen LogP contribution < -0.4 is 0 Å². The molecule has 27 heavy (non-hydrogen) atoms. The van der Waals surface area contributed by atoms with Gasteiger partial charge in [0.1, 0.15) is 6.61 Å². The summed E-state index contributed by atoms with van der Waals surface area (Å²) in [7, 11) is 0. The summed E-state index contributed by atoms with van der Waals surface area (Å²) in [4.78, 5) is 14.6. The van der Waals surface area contributed by atoms with Crippen LogP contribution in [0.1, 0.15) is 42.7 Å². The summed E-state index contributed by atoms with van der Waals surface area (Å²) in [5.74, 6) is 0.301. The molecule has 1 aliphatic heterocycles. The van der Waals surface area contributed by atoms with Crippen LogP contribution >= 0.6 is 0 Å². The molecule has 1 N–H and O–H groups in total. The van der Waals surface area contributed by atoms with Crippen molar-refractivity contribution in [2.45, 2.75) is 43.7 Å². The average molecular weight is 363 g/mol. The van der Waals surface area contributed by atoms with Crippen molar-refractivity contribution in [3.8, 4) is 11.1 Å². The van der Waals surface area contributed by atoms with Gasteiger partial charge in [0, 0.05) is 17.9 Å². The first-order chi connectivity index (χ1) is 13.2. The molecule has 5 rings (SSSR count). The zero-order chi connectivity index (χ0) is 18.4. The van der Waals surface area contributed by atoms with Gasteiger partial charge >= 0.3 is 6.09 Å². The van der Waals surface area contributed by atoms with Gasteiger partial charge in [0.2, 0.25) is 0 Å². The third-order valence-corrected chi connectivity index (χ3v) is 6.63. The van der Waals surface area contributed by atoms with E-state index in [1.165, 1.54) is 22.3 Å². The molecule has 0 radical (unpaired) electrons. The van der Waals surface area contributed by atoms with E-state index in [9.17, 15) is 9.90 Å². The fraction of sp³-hybridized carbons (Fsp3) is 0.435. The van der Waals surface area contributed by atoms with E-state index in [-0.39, 0.29) is 24.0 Å². The number of carbonyl (C=O) groups is 1. The van der Waals surface area contributed by atoms with Crippen LogP contribution in [0.2, 0.25) is 0 Å². The van der Waals surface area contributed by atoms with Crippen molar-refractivity contribution in [3.05, 3.63) is 59.7 Å². The monoisotopic (exact) mass is 363 g/mol. The van der Waals surface area contributed by atoms with Crippen LogP contribution in [-0.4, -0.2) is 41.4 Å². The molecule has 0 aromatic heterocycles. The number of β-amino-alcohol motifs (C(OH)–C–C–N with tert-alkyl or cyclic N) is 1. The summed E-state index contributed by atoms with van der Waals surface area (Å²) in [6.07, 6.45) is 3.59. The molecule has 2 aliphatic carbocycles. The highest BCUT2D eigenvalue weighted by atomic mass is 16.6. The van der Waals surface area contributed by atoms with Gasteiger partial charge in [-0.1, -0.05) is 61.4 Å². The van der Waals surface area contributed by atoms with Crippen LogP contribution in [0.4, 0.5) is 4.79 Å². The molecule has 140 valence electrons. The Labute approximate surface area is 159 Å². The van der Waals surface area contributed by atoms with Crippen molar-refractivity contribution < 1.29 is 14.6 Å². The first kappa shape index (κ1) is 16.8. The van der Waals surface area contributed by atoms with E-state index in [0.29, 0.717) is 13.2 Å². The quantitative estimate of drug-likeness (QED) is 0.871. The molecule has 4 heteroatoms. The van der Waals surface area contributed by atoms with Crippen molar-refractivity contribution in [2.24, 2.45) is 5.92 Å². The van der Waals surface area contributed by atoms with Gasteiger partial charge in [-0.25, -0.2) is 4.79 Å². The van der Waals surface area contributed by atoms with E-state index >= 15 is 0 Å². The molecule has 3 unspecified atom stereocenters. The van der Waals surface area contributed by atoms with Gasteiger partial charge < -0.3 is 14.7 Å². The van der Waals surface area contributed by atoms with Gasteiger partial charge in [0.15, 0.2) is 0 Å². The van der Waals surface area contributed by atoms with Crippen LogP contribution in [0.25, 0.3) is 11.1 Å². The highest BCUT2D eigenvalue weighted by Gasteiger charge is 2.45. The number of aliphatic hydroxyl groups is 1.